The van der Waals surface area contributed by atoms with E-state index in [9.17, 15) is 9.59 Å². The summed E-state index contributed by atoms with van der Waals surface area (Å²) in [6, 6.07) is 7.89. The summed E-state index contributed by atoms with van der Waals surface area (Å²) in [5.41, 5.74) is 2.96. The third kappa shape index (κ3) is 4.46. The van der Waals surface area contributed by atoms with Crippen LogP contribution < -0.4 is 10.9 Å². The number of nitrogens with zero attached hydrogens (tertiary/aromatic N) is 5. The second kappa shape index (κ2) is 9.40. The van der Waals surface area contributed by atoms with E-state index < -0.39 is 0 Å². The third-order valence-corrected chi connectivity index (χ3v) is 7.43. The minimum absolute atomic E-state index is 0.0717. The second-order valence-electron chi connectivity index (χ2n) is 8.50. The maximum absolute atomic E-state index is 12.8. The molecule has 10 heteroatoms. The number of urea groups is 1. The molecule has 4 aromatic rings. The van der Waals surface area contributed by atoms with Crippen molar-refractivity contribution in [3.8, 4) is 5.69 Å². The van der Waals surface area contributed by atoms with Crippen molar-refractivity contribution in [3.05, 3.63) is 75.2 Å². The zero-order chi connectivity index (χ0) is 23.7. The summed E-state index contributed by atoms with van der Waals surface area (Å²) in [6.07, 6.45) is 5.38. The van der Waals surface area contributed by atoms with Crippen molar-refractivity contribution in [1.82, 2.24) is 34.6 Å². The van der Waals surface area contributed by atoms with Gasteiger partial charge in [0.05, 0.1) is 23.9 Å². The van der Waals surface area contributed by atoms with Crippen molar-refractivity contribution in [1.29, 1.82) is 0 Å². The Bertz CT molecular complexity index is 1370. The molecule has 0 atom stereocenters. The molecule has 2 amide bonds. The predicted molar refractivity (Wildman–Crippen MR) is 132 cm³/mol. The fourth-order valence-electron chi connectivity index (χ4n) is 4.29. The number of aromatic nitrogens is 4. The van der Waals surface area contributed by atoms with Gasteiger partial charge in [-0.15, -0.1) is 11.3 Å². The Balaban J connectivity index is 1.17. The monoisotopic (exact) mass is 477 g/mol. The lowest BCUT2D eigenvalue weighted by atomic mass is 10.1. The zero-order valence-corrected chi connectivity index (χ0v) is 20.1. The lowest BCUT2D eigenvalue weighted by Crippen LogP contribution is -2.51. The van der Waals surface area contributed by atoms with E-state index >= 15 is 0 Å². The lowest BCUT2D eigenvalue weighted by Gasteiger charge is -2.34. The van der Waals surface area contributed by atoms with Crippen molar-refractivity contribution < 1.29 is 4.79 Å². The van der Waals surface area contributed by atoms with Crippen LogP contribution in [0.2, 0.25) is 0 Å². The lowest BCUT2D eigenvalue weighted by molar-refractivity contribution is 0.133. The van der Waals surface area contributed by atoms with Crippen LogP contribution in [0.25, 0.3) is 15.9 Å². The minimum atomic E-state index is -0.0733. The first-order chi connectivity index (χ1) is 16.5. The molecular formula is C24H27N7O2S. The molecule has 1 aromatic carbocycles. The number of nitrogens with one attached hydrogen (secondary N) is 2. The largest absolute Gasteiger partial charge is 0.334 e. The molecule has 0 spiro atoms. The molecule has 3 aromatic heterocycles. The van der Waals surface area contributed by atoms with Gasteiger partial charge in [0.2, 0.25) is 0 Å². The number of hydrogen-bond acceptors (Lipinski definition) is 6. The van der Waals surface area contributed by atoms with E-state index in [1.807, 2.05) is 53.8 Å². The SMILES string of the molecule is Cc1sc2nc(CN3CCN(C(=O)NCc4ccccc4-n4ccnc4)CC3)[nH]c(=O)c2c1C. The number of piperazine rings is 1. The molecule has 0 aliphatic carbocycles. The number of H-pyrrole nitrogens is 1. The quantitative estimate of drug-likeness (QED) is 0.461. The van der Waals surface area contributed by atoms with Gasteiger partial charge in [-0.1, -0.05) is 18.2 Å². The average Bonchev–Trinajstić information content (AvgIpc) is 3.47. The summed E-state index contributed by atoms with van der Waals surface area (Å²) in [6.45, 7) is 7.68. The predicted octanol–water partition coefficient (Wildman–Crippen LogP) is 2.81. The molecule has 2 N–H and O–H groups in total. The summed E-state index contributed by atoms with van der Waals surface area (Å²) >= 11 is 1.56. The number of benzene rings is 1. The van der Waals surface area contributed by atoms with Crippen LogP contribution in [0.5, 0.6) is 0 Å². The summed E-state index contributed by atoms with van der Waals surface area (Å²) in [5.74, 6) is 0.674. The highest BCUT2D eigenvalue weighted by Crippen LogP contribution is 2.25. The smallest absolute Gasteiger partial charge is 0.317 e. The van der Waals surface area contributed by atoms with Crippen molar-refractivity contribution in [2.45, 2.75) is 26.9 Å². The van der Waals surface area contributed by atoms with Crippen LogP contribution in [0.15, 0.2) is 47.8 Å². The van der Waals surface area contributed by atoms with Crippen molar-refractivity contribution in [2.75, 3.05) is 26.2 Å². The van der Waals surface area contributed by atoms with Gasteiger partial charge in [-0.3, -0.25) is 9.69 Å². The van der Waals surface area contributed by atoms with Crippen LogP contribution in [-0.2, 0) is 13.1 Å². The van der Waals surface area contributed by atoms with Crippen LogP contribution in [0.3, 0.4) is 0 Å². The highest BCUT2D eigenvalue weighted by Gasteiger charge is 2.22. The van der Waals surface area contributed by atoms with Gasteiger partial charge in [0.15, 0.2) is 0 Å². The Labute approximate surface area is 201 Å². The number of hydrogen-bond donors (Lipinski definition) is 2. The normalized spacial score (nSPS) is 14.6. The molecule has 0 radical (unpaired) electrons. The van der Waals surface area contributed by atoms with Gasteiger partial charge in [0.1, 0.15) is 10.7 Å². The minimum Gasteiger partial charge on any atom is -0.334 e. The average molecular weight is 478 g/mol. The number of thiophene rings is 1. The van der Waals surface area contributed by atoms with E-state index in [-0.39, 0.29) is 11.6 Å². The second-order valence-corrected chi connectivity index (χ2v) is 9.70. The van der Waals surface area contributed by atoms with E-state index in [1.54, 1.807) is 23.9 Å². The standard InChI is InChI=1S/C24H27N7O2S/c1-16-17(2)34-23-21(16)22(32)27-20(28-23)14-29-9-11-30(12-10-29)24(33)26-13-18-5-3-4-6-19(18)31-8-7-25-15-31/h3-8,15H,9-14H2,1-2H3,(H,26,33)(H,27,28,32). The van der Waals surface area contributed by atoms with E-state index in [2.05, 4.69) is 25.2 Å². The number of carbonyl (C=O) groups excluding carboxylic acids is 1. The summed E-state index contributed by atoms with van der Waals surface area (Å²) in [5, 5.41) is 3.74. The van der Waals surface area contributed by atoms with Gasteiger partial charge in [0.25, 0.3) is 5.56 Å². The van der Waals surface area contributed by atoms with Crippen molar-refractivity contribution in [2.24, 2.45) is 0 Å². The molecule has 0 unspecified atom stereocenters. The summed E-state index contributed by atoms with van der Waals surface area (Å²) < 4.78 is 1.94. The molecule has 34 heavy (non-hydrogen) atoms. The van der Waals surface area contributed by atoms with E-state index in [0.717, 1.165) is 39.6 Å². The van der Waals surface area contributed by atoms with Gasteiger partial charge in [-0.05, 0) is 31.0 Å². The fourth-order valence-corrected chi connectivity index (χ4v) is 5.34. The Morgan fingerprint density at radius 1 is 1.18 bits per heavy atom. The maximum atomic E-state index is 12.8. The van der Waals surface area contributed by atoms with Crippen LogP contribution >= 0.6 is 11.3 Å². The molecule has 0 saturated carbocycles. The molecule has 0 bridgehead atoms. The number of imidazole rings is 1. The maximum Gasteiger partial charge on any atom is 0.317 e. The number of amides is 2. The molecular weight excluding hydrogens is 450 g/mol. The van der Waals surface area contributed by atoms with Crippen molar-refractivity contribution in [3.63, 3.8) is 0 Å². The number of aromatic amines is 1. The van der Waals surface area contributed by atoms with Crippen molar-refractivity contribution >= 4 is 27.6 Å². The summed E-state index contributed by atoms with van der Waals surface area (Å²) in [7, 11) is 0. The van der Waals surface area contributed by atoms with Gasteiger partial charge in [-0.2, -0.15) is 0 Å². The molecule has 1 fully saturated rings. The van der Waals surface area contributed by atoms with Crippen LogP contribution in [0, 0.1) is 13.8 Å². The molecule has 9 nitrogen and oxygen atoms in total. The third-order valence-electron chi connectivity index (χ3n) is 6.33. The first-order valence-corrected chi connectivity index (χ1v) is 12.1. The Morgan fingerprint density at radius 2 is 1.97 bits per heavy atom. The van der Waals surface area contributed by atoms with E-state index in [1.165, 1.54) is 0 Å². The van der Waals surface area contributed by atoms with Crippen LogP contribution in [-0.4, -0.2) is 61.5 Å². The highest BCUT2D eigenvalue weighted by molar-refractivity contribution is 7.18. The summed E-state index contributed by atoms with van der Waals surface area (Å²) in [4.78, 5) is 43.0. The Kier molecular flexibility index (Phi) is 6.16. The van der Waals surface area contributed by atoms with E-state index in [4.69, 9.17) is 0 Å². The number of fused-ring (bicyclic) bond motifs is 1. The number of carbonyl (C=O) groups is 1. The first kappa shape index (κ1) is 22.3. The Morgan fingerprint density at radius 3 is 2.74 bits per heavy atom. The van der Waals surface area contributed by atoms with Crippen LogP contribution in [0.1, 0.15) is 21.8 Å². The number of aryl methyl sites for hydroxylation is 2. The Hall–Kier alpha value is -3.50. The molecule has 1 saturated heterocycles. The molecule has 176 valence electrons. The fraction of sp³-hybridized carbons (Fsp3) is 0.333. The molecule has 1 aliphatic rings. The number of para-hydroxylation sites is 1. The molecule has 1 aliphatic heterocycles. The van der Waals surface area contributed by atoms with Crippen LogP contribution in [0.4, 0.5) is 4.79 Å². The zero-order valence-electron chi connectivity index (χ0n) is 19.2. The number of rotatable bonds is 5. The first-order valence-electron chi connectivity index (χ1n) is 11.3. The van der Waals surface area contributed by atoms with Gasteiger partial charge < -0.3 is 19.8 Å². The molecule has 5 rings (SSSR count). The molecule has 4 heterocycles. The van der Waals surface area contributed by atoms with Gasteiger partial charge in [0, 0.05) is 50.0 Å². The van der Waals surface area contributed by atoms with Gasteiger partial charge in [-0.25, -0.2) is 14.8 Å². The van der Waals surface area contributed by atoms with Gasteiger partial charge >= 0.3 is 6.03 Å². The van der Waals surface area contributed by atoms with E-state index in [0.29, 0.717) is 37.4 Å². The highest BCUT2D eigenvalue weighted by atomic mass is 32.1. The topological polar surface area (TPSA) is 99.2 Å².